The van der Waals surface area contributed by atoms with Crippen LogP contribution in [0, 0.1) is 0 Å². The molecular formula is C23H20N4O2. The first-order chi connectivity index (χ1) is 14.2. The first kappa shape index (κ1) is 18.4. The van der Waals surface area contributed by atoms with Crippen molar-refractivity contribution in [2.45, 2.75) is 6.92 Å². The minimum atomic E-state index is -0.236. The van der Waals surface area contributed by atoms with Crippen LogP contribution in [0.15, 0.2) is 79.1 Å². The zero-order chi connectivity index (χ0) is 20.2. The topological polar surface area (TPSA) is 76.0 Å². The average Bonchev–Trinajstić information content (AvgIpc) is 3.18. The van der Waals surface area contributed by atoms with Crippen LogP contribution in [0.4, 0.5) is 5.69 Å². The number of anilines is 1. The molecule has 4 rings (SSSR count). The van der Waals surface area contributed by atoms with Gasteiger partial charge in [-0.3, -0.25) is 14.2 Å². The van der Waals surface area contributed by atoms with Crippen molar-refractivity contribution in [3.8, 4) is 5.69 Å². The van der Waals surface area contributed by atoms with Gasteiger partial charge in [-0.05, 0) is 61.5 Å². The molecule has 0 aliphatic carbocycles. The summed E-state index contributed by atoms with van der Waals surface area (Å²) in [5, 5.41) is 5.59. The Hall–Kier alpha value is -3.93. The average molecular weight is 384 g/mol. The van der Waals surface area contributed by atoms with Crippen LogP contribution in [0.25, 0.3) is 16.7 Å². The Balaban J connectivity index is 1.52. The van der Waals surface area contributed by atoms with Crippen LogP contribution >= 0.6 is 0 Å². The molecule has 0 aliphatic rings. The number of carbonyl (C=O) groups excluding carboxylic acids is 2. The van der Waals surface area contributed by atoms with E-state index >= 15 is 0 Å². The predicted octanol–water partition coefficient (Wildman–Crippen LogP) is 4.03. The van der Waals surface area contributed by atoms with Gasteiger partial charge in [-0.2, -0.15) is 0 Å². The van der Waals surface area contributed by atoms with Crippen LogP contribution in [0.2, 0.25) is 0 Å². The van der Waals surface area contributed by atoms with Gasteiger partial charge in [-0.15, -0.1) is 0 Å². The second-order valence-corrected chi connectivity index (χ2v) is 6.54. The van der Waals surface area contributed by atoms with Gasteiger partial charge in [0.2, 0.25) is 0 Å². The molecule has 6 nitrogen and oxygen atoms in total. The van der Waals surface area contributed by atoms with Crippen molar-refractivity contribution < 1.29 is 9.59 Å². The third-order valence-electron chi connectivity index (χ3n) is 4.58. The van der Waals surface area contributed by atoms with Gasteiger partial charge in [0, 0.05) is 29.0 Å². The van der Waals surface area contributed by atoms with E-state index in [-0.39, 0.29) is 11.8 Å². The molecule has 29 heavy (non-hydrogen) atoms. The van der Waals surface area contributed by atoms with Crippen molar-refractivity contribution in [2.75, 3.05) is 11.9 Å². The molecule has 0 atom stereocenters. The maximum Gasteiger partial charge on any atom is 0.255 e. The Morgan fingerprint density at radius 2 is 1.69 bits per heavy atom. The van der Waals surface area contributed by atoms with Crippen molar-refractivity contribution in [1.82, 2.24) is 14.9 Å². The van der Waals surface area contributed by atoms with E-state index in [0.717, 1.165) is 16.7 Å². The van der Waals surface area contributed by atoms with E-state index in [1.165, 1.54) is 0 Å². The molecule has 1 aromatic heterocycles. The number of fused-ring (bicyclic) bond motifs is 1. The highest BCUT2D eigenvalue weighted by Crippen LogP contribution is 2.19. The minimum absolute atomic E-state index is 0.166. The fourth-order valence-electron chi connectivity index (χ4n) is 3.14. The Morgan fingerprint density at radius 3 is 2.48 bits per heavy atom. The second kappa shape index (κ2) is 7.98. The molecule has 0 spiro atoms. The van der Waals surface area contributed by atoms with E-state index in [9.17, 15) is 9.59 Å². The van der Waals surface area contributed by atoms with Gasteiger partial charge in [-0.1, -0.05) is 18.2 Å². The maximum atomic E-state index is 12.6. The summed E-state index contributed by atoms with van der Waals surface area (Å²) >= 11 is 0. The zero-order valence-corrected chi connectivity index (χ0v) is 15.9. The molecule has 0 radical (unpaired) electrons. The molecule has 3 aromatic carbocycles. The SMILES string of the molecule is CCNC(=O)c1cccc(NC(=O)c2ccc(-n3cnc4ccccc43)cc2)c1. The van der Waals surface area contributed by atoms with Crippen LogP contribution in [0.1, 0.15) is 27.6 Å². The van der Waals surface area contributed by atoms with Crippen LogP contribution in [0.3, 0.4) is 0 Å². The number of benzene rings is 3. The van der Waals surface area contributed by atoms with Crippen LogP contribution in [-0.2, 0) is 0 Å². The molecule has 144 valence electrons. The van der Waals surface area contributed by atoms with Crippen LogP contribution in [0.5, 0.6) is 0 Å². The number of amides is 2. The summed E-state index contributed by atoms with van der Waals surface area (Å²) in [5.41, 5.74) is 4.46. The van der Waals surface area contributed by atoms with E-state index in [2.05, 4.69) is 15.6 Å². The standard InChI is InChI=1S/C23H20N4O2/c1-2-24-22(28)17-6-5-7-18(14-17)26-23(29)16-10-12-19(13-11-16)27-15-25-20-8-3-4-9-21(20)27/h3-15H,2H2,1H3,(H,24,28)(H,26,29). The highest BCUT2D eigenvalue weighted by Gasteiger charge is 2.10. The van der Waals surface area contributed by atoms with Crippen molar-refractivity contribution in [2.24, 2.45) is 0 Å². The van der Waals surface area contributed by atoms with E-state index in [0.29, 0.717) is 23.4 Å². The number of aromatic nitrogens is 2. The fourth-order valence-corrected chi connectivity index (χ4v) is 3.14. The number of rotatable bonds is 5. The molecule has 0 saturated carbocycles. The molecule has 4 aromatic rings. The summed E-state index contributed by atoms with van der Waals surface area (Å²) in [6.45, 7) is 2.41. The van der Waals surface area contributed by atoms with E-state index < -0.39 is 0 Å². The molecular weight excluding hydrogens is 364 g/mol. The van der Waals surface area contributed by atoms with E-state index in [4.69, 9.17) is 0 Å². The van der Waals surface area contributed by atoms with E-state index in [1.807, 2.05) is 47.9 Å². The monoisotopic (exact) mass is 384 g/mol. The fraction of sp³-hybridized carbons (Fsp3) is 0.0870. The summed E-state index contributed by atoms with van der Waals surface area (Å²) < 4.78 is 1.98. The van der Waals surface area contributed by atoms with Crippen molar-refractivity contribution in [1.29, 1.82) is 0 Å². The van der Waals surface area contributed by atoms with Gasteiger partial charge in [0.1, 0.15) is 6.33 Å². The summed E-state index contributed by atoms with van der Waals surface area (Å²) in [4.78, 5) is 29.0. The number of carbonyl (C=O) groups is 2. The molecule has 6 heteroatoms. The lowest BCUT2D eigenvalue weighted by molar-refractivity contribution is 0.0954. The van der Waals surface area contributed by atoms with Gasteiger partial charge in [-0.25, -0.2) is 4.98 Å². The van der Waals surface area contributed by atoms with Gasteiger partial charge >= 0.3 is 0 Å². The lowest BCUT2D eigenvalue weighted by atomic mass is 10.1. The highest BCUT2D eigenvalue weighted by atomic mass is 16.2. The zero-order valence-electron chi connectivity index (χ0n) is 15.9. The van der Waals surface area contributed by atoms with Gasteiger partial charge in [0.05, 0.1) is 11.0 Å². The smallest absolute Gasteiger partial charge is 0.255 e. The summed E-state index contributed by atoms with van der Waals surface area (Å²) in [5.74, 6) is -0.402. The van der Waals surface area contributed by atoms with Crippen LogP contribution < -0.4 is 10.6 Å². The van der Waals surface area contributed by atoms with Gasteiger partial charge < -0.3 is 10.6 Å². The number of para-hydroxylation sites is 2. The number of hydrogen-bond acceptors (Lipinski definition) is 3. The molecule has 0 fully saturated rings. The quantitative estimate of drug-likeness (QED) is 0.545. The third-order valence-corrected chi connectivity index (χ3v) is 4.58. The number of imidazole rings is 1. The number of hydrogen-bond donors (Lipinski definition) is 2. The summed E-state index contributed by atoms with van der Waals surface area (Å²) in [6, 6.07) is 22.1. The first-order valence-electron chi connectivity index (χ1n) is 9.38. The summed E-state index contributed by atoms with van der Waals surface area (Å²) in [6.07, 6.45) is 1.77. The number of nitrogens with zero attached hydrogens (tertiary/aromatic N) is 2. The largest absolute Gasteiger partial charge is 0.352 e. The Labute approximate surface area is 168 Å². The Morgan fingerprint density at radius 1 is 0.897 bits per heavy atom. The predicted molar refractivity (Wildman–Crippen MR) is 113 cm³/mol. The molecule has 2 amide bonds. The molecule has 0 aliphatic heterocycles. The normalized spacial score (nSPS) is 10.7. The maximum absolute atomic E-state index is 12.6. The van der Waals surface area contributed by atoms with Crippen molar-refractivity contribution >= 4 is 28.5 Å². The third kappa shape index (κ3) is 3.87. The molecule has 0 unspecified atom stereocenters. The van der Waals surface area contributed by atoms with E-state index in [1.54, 1.807) is 42.7 Å². The van der Waals surface area contributed by atoms with Crippen molar-refractivity contribution in [3.05, 3.63) is 90.3 Å². The Bertz CT molecular complexity index is 1180. The molecule has 2 N–H and O–H groups in total. The minimum Gasteiger partial charge on any atom is -0.352 e. The summed E-state index contributed by atoms with van der Waals surface area (Å²) in [7, 11) is 0. The van der Waals surface area contributed by atoms with Gasteiger partial charge in [0.15, 0.2) is 0 Å². The van der Waals surface area contributed by atoms with Crippen LogP contribution in [-0.4, -0.2) is 27.9 Å². The molecule has 1 heterocycles. The second-order valence-electron chi connectivity index (χ2n) is 6.54. The lowest BCUT2D eigenvalue weighted by Crippen LogP contribution is -2.22. The van der Waals surface area contributed by atoms with Crippen molar-refractivity contribution in [3.63, 3.8) is 0 Å². The highest BCUT2D eigenvalue weighted by molar-refractivity contribution is 6.05. The molecule has 0 bridgehead atoms. The lowest BCUT2D eigenvalue weighted by Gasteiger charge is -2.09. The van der Waals surface area contributed by atoms with Gasteiger partial charge in [0.25, 0.3) is 11.8 Å². The number of nitrogens with one attached hydrogen (secondary N) is 2. The first-order valence-corrected chi connectivity index (χ1v) is 9.38. The Kier molecular flexibility index (Phi) is 5.07. The molecule has 0 saturated heterocycles.